The number of carbonyl (C=O) groups excluding carboxylic acids is 1. The predicted octanol–water partition coefficient (Wildman–Crippen LogP) is 4.60. The Morgan fingerprint density at radius 3 is 2.35 bits per heavy atom. The second-order valence-electron chi connectivity index (χ2n) is 7.93. The molecule has 0 spiro atoms. The summed E-state index contributed by atoms with van der Waals surface area (Å²) in [5.41, 5.74) is 2.77. The fourth-order valence-corrected chi connectivity index (χ4v) is 6.30. The molecule has 1 aliphatic heterocycles. The maximum absolute atomic E-state index is 13.7. The van der Waals surface area contributed by atoms with Crippen molar-refractivity contribution in [1.82, 2.24) is 9.29 Å². The molecule has 0 unspecified atom stereocenters. The molecule has 7 nitrogen and oxygen atoms in total. The Bertz CT molecular complexity index is 1410. The van der Waals surface area contributed by atoms with Crippen LogP contribution < -0.4 is 4.90 Å². The van der Waals surface area contributed by atoms with Gasteiger partial charge in [-0.1, -0.05) is 41.7 Å². The second kappa shape index (κ2) is 9.27. The number of morpholine rings is 1. The number of aromatic nitrogens is 1. The third kappa shape index (κ3) is 4.23. The Morgan fingerprint density at radius 1 is 0.971 bits per heavy atom. The lowest BCUT2D eigenvalue weighted by Gasteiger charge is -2.26. The number of thiazole rings is 1. The van der Waals surface area contributed by atoms with E-state index >= 15 is 0 Å². The molecule has 2 heterocycles. The summed E-state index contributed by atoms with van der Waals surface area (Å²) in [5, 5.41) is 0.526. The van der Waals surface area contributed by atoms with Crippen molar-refractivity contribution >= 4 is 48.3 Å². The molecule has 1 aliphatic rings. The smallest absolute Gasteiger partial charge is 0.264 e. The number of nitrogens with zero attached hydrogens (tertiary/aromatic N) is 3. The van der Waals surface area contributed by atoms with Gasteiger partial charge in [-0.3, -0.25) is 9.69 Å². The van der Waals surface area contributed by atoms with Crippen molar-refractivity contribution < 1.29 is 17.9 Å². The number of para-hydroxylation sites is 1. The van der Waals surface area contributed by atoms with Gasteiger partial charge in [-0.15, -0.1) is 0 Å². The van der Waals surface area contributed by atoms with E-state index in [9.17, 15) is 13.2 Å². The molecule has 1 saturated heterocycles. The molecule has 4 aromatic rings. The molecule has 1 aromatic heterocycles. The highest BCUT2D eigenvalue weighted by atomic mass is 32.2. The van der Waals surface area contributed by atoms with Crippen molar-refractivity contribution in [1.29, 1.82) is 0 Å². The second-order valence-corrected chi connectivity index (χ2v) is 10.9. The quantitative estimate of drug-likeness (QED) is 0.406. The molecule has 0 bridgehead atoms. The van der Waals surface area contributed by atoms with Crippen molar-refractivity contribution in [3.63, 3.8) is 0 Å². The van der Waals surface area contributed by atoms with E-state index in [1.54, 1.807) is 35.2 Å². The number of amides is 1. The largest absolute Gasteiger partial charge is 0.379 e. The summed E-state index contributed by atoms with van der Waals surface area (Å²) in [4.78, 5) is 20.2. The molecule has 1 fully saturated rings. The van der Waals surface area contributed by atoms with E-state index in [0.717, 1.165) is 15.8 Å². The van der Waals surface area contributed by atoms with Gasteiger partial charge < -0.3 is 4.74 Å². The summed E-state index contributed by atoms with van der Waals surface area (Å²) in [5.74, 6) is -0.221. The SMILES string of the molecule is Cc1ccccc1C(=O)N(c1ccc(S(=O)(=O)N2CCOCC2)cc1)c1nc2ccccc2s1. The first-order valence-electron chi connectivity index (χ1n) is 10.9. The highest BCUT2D eigenvalue weighted by molar-refractivity contribution is 7.89. The Balaban J connectivity index is 1.56. The third-order valence-corrected chi connectivity index (χ3v) is 8.69. The average molecular weight is 494 g/mol. The van der Waals surface area contributed by atoms with Crippen molar-refractivity contribution in [2.75, 3.05) is 31.2 Å². The van der Waals surface area contributed by atoms with Gasteiger partial charge in [0, 0.05) is 18.7 Å². The summed E-state index contributed by atoms with van der Waals surface area (Å²) in [6.07, 6.45) is 0. The number of ether oxygens (including phenoxy) is 1. The van der Waals surface area contributed by atoms with Gasteiger partial charge in [-0.25, -0.2) is 13.4 Å². The van der Waals surface area contributed by atoms with E-state index in [1.807, 2.05) is 49.4 Å². The van der Waals surface area contributed by atoms with Gasteiger partial charge in [-0.2, -0.15) is 4.31 Å². The van der Waals surface area contributed by atoms with E-state index in [2.05, 4.69) is 0 Å². The van der Waals surface area contributed by atoms with Gasteiger partial charge in [0.2, 0.25) is 10.0 Å². The number of carbonyl (C=O) groups is 1. The molecule has 34 heavy (non-hydrogen) atoms. The number of rotatable bonds is 5. The number of hydrogen-bond acceptors (Lipinski definition) is 6. The molecule has 0 aliphatic carbocycles. The molecule has 174 valence electrons. The van der Waals surface area contributed by atoms with E-state index in [1.165, 1.54) is 15.6 Å². The molecule has 5 rings (SSSR count). The lowest BCUT2D eigenvalue weighted by Crippen LogP contribution is -2.40. The summed E-state index contributed by atoms with van der Waals surface area (Å²) in [7, 11) is -3.63. The highest BCUT2D eigenvalue weighted by Gasteiger charge is 2.28. The Hall–Kier alpha value is -3.11. The first-order chi connectivity index (χ1) is 16.4. The maximum Gasteiger partial charge on any atom is 0.264 e. The lowest BCUT2D eigenvalue weighted by molar-refractivity contribution is 0.0730. The number of anilines is 2. The van der Waals surface area contributed by atoms with Crippen molar-refractivity contribution in [3.05, 3.63) is 83.9 Å². The van der Waals surface area contributed by atoms with Gasteiger partial charge in [0.15, 0.2) is 5.13 Å². The molecule has 1 amide bonds. The van der Waals surface area contributed by atoms with Crippen LogP contribution in [0.1, 0.15) is 15.9 Å². The molecule has 0 N–H and O–H groups in total. The van der Waals surface area contributed by atoms with Crippen molar-refractivity contribution in [3.8, 4) is 0 Å². The van der Waals surface area contributed by atoms with Crippen LogP contribution in [0.5, 0.6) is 0 Å². The maximum atomic E-state index is 13.7. The first-order valence-corrected chi connectivity index (χ1v) is 13.1. The van der Waals surface area contributed by atoms with Crippen LogP contribution in [0.15, 0.2) is 77.7 Å². The topological polar surface area (TPSA) is 79.8 Å². The molecule has 0 saturated carbocycles. The molecule has 0 atom stereocenters. The van der Waals surface area contributed by atoms with Gasteiger partial charge >= 0.3 is 0 Å². The normalized spacial score (nSPS) is 14.9. The number of hydrogen-bond donors (Lipinski definition) is 0. The van der Waals surface area contributed by atoms with Crippen LogP contribution in [0.3, 0.4) is 0 Å². The van der Waals surface area contributed by atoms with Crippen molar-refractivity contribution in [2.24, 2.45) is 0 Å². The average Bonchev–Trinajstić information content (AvgIpc) is 3.29. The molecule has 3 aromatic carbocycles. The Kier molecular flexibility index (Phi) is 6.18. The molecular weight excluding hydrogens is 470 g/mol. The minimum Gasteiger partial charge on any atom is -0.379 e. The van der Waals surface area contributed by atoms with Gasteiger partial charge in [-0.05, 0) is 55.0 Å². The van der Waals surface area contributed by atoms with Crippen LogP contribution in [-0.4, -0.2) is 49.9 Å². The van der Waals surface area contributed by atoms with E-state index in [4.69, 9.17) is 9.72 Å². The van der Waals surface area contributed by atoms with Gasteiger partial charge in [0.05, 0.1) is 34.0 Å². The number of benzene rings is 3. The van der Waals surface area contributed by atoms with Crippen LogP contribution in [0.25, 0.3) is 10.2 Å². The lowest BCUT2D eigenvalue weighted by atomic mass is 10.1. The minimum atomic E-state index is -3.63. The zero-order valence-corrected chi connectivity index (χ0v) is 20.2. The monoisotopic (exact) mass is 493 g/mol. The number of fused-ring (bicyclic) bond motifs is 1. The number of aryl methyl sites for hydroxylation is 1. The standard InChI is InChI=1S/C25H23N3O4S2/c1-18-6-2-3-7-21(18)24(29)28(25-26-22-8-4-5-9-23(22)33-25)19-10-12-20(13-11-19)34(30,31)27-14-16-32-17-15-27/h2-13H,14-17H2,1H3. The number of sulfonamides is 1. The van der Waals surface area contributed by atoms with Gasteiger partial charge in [0.1, 0.15) is 0 Å². The highest BCUT2D eigenvalue weighted by Crippen LogP contribution is 2.35. The Morgan fingerprint density at radius 2 is 1.65 bits per heavy atom. The van der Waals surface area contributed by atoms with Crippen molar-refractivity contribution in [2.45, 2.75) is 11.8 Å². The Labute approximate surface area is 202 Å². The minimum absolute atomic E-state index is 0.186. The molecular formula is C25H23N3O4S2. The fraction of sp³-hybridized carbons (Fsp3) is 0.200. The van der Waals surface area contributed by atoms with E-state index in [0.29, 0.717) is 42.7 Å². The van der Waals surface area contributed by atoms with Crippen LogP contribution in [0.4, 0.5) is 10.8 Å². The first kappa shape index (κ1) is 22.7. The fourth-order valence-electron chi connectivity index (χ4n) is 3.91. The van der Waals surface area contributed by atoms with Crippen LogP contribution >= 0.6 is 11.3 Å². The summed E-state index contributed by atoms with van der Waals surface area (Å²) in [6.45, 7) is 3.31. The summed E-state index contributed by atoms with van der Waals surface area (Å²) < 4.78 is 33.7. The van der Waals surface area contributed by atoms with E-state index in [-0.39, 0.29) is 10.8 Å². The third-order valence-electron chi connectivity index (χ3n) is 5.76. The van der Waals surface area contributed by atoms with Crippen LogP contribution in [-0.2, 0) is 14.8 Å². The zero-order chi connectivity index (χ0) is 23.7. The molecule has 9 heteroatoms. The predicted molar refractivity (Wildman–Crippen MR) is 133 cm³/mol. The van der Waals surface area contributed by atoms with Crippen LogP contribution in [0, 0.1) is 6.92 Å². The molecule has 0 radical (unpaired) electrons. The van der Waals surface area contributed by atoms with E-state index < -0.39 is 10.0 Å². The summed E-state index contributed by atoms with van der Waals surface area (Å²) in [6, 6.07) is 21.5. The zero-order valence-electron chi connectivity index (χ0n) is 18.5. The van der Waals surface area contributed by atoms with Gasteiger partial charge in [0.25, 0.3) is 5.91 Å². The van der Waals surface area contributed by atoms with Crippen LogP contribution in [0.2, 0.25) is 0 Å². The summed E-state index contributed by atoms with van der Waals surface area (Å²) >= 11 is 1.42.